The highest BCUT2D eigenvalue weighted by molar-refractivity contribution is 9.10. The number of aliphatic carboxylic acids is 1. The van der Waals surface area contributed by atoms with Crippen molar-refractivity contribution in [2.24, 2.45) is 5.10 Å². The molecule has 0 saturated carbocycles. The zero-order valence-corrected chi connectivity index (χ0v) is 16.5. The molecule has 6 nitrogen and oxygen atoms in total. The first kappa shape index (κ1) is 19.1. The summed E-state index contributed by atoms with van der Waals surface area (Å²) in [5.41, 5.74) is 1.94. The predicted octanol–water partition coefficient (Wildman–Crippen LogP) is 4.37. The number of carbonyl (C=O) groups excluding carboxylic acids is 1. The Morgan fingerprint density at radius 3 is 2.78 bits per heavy atom. The van der Waals surface area contributed by atoms with Crippen LogP contribution in [0.3, 0.4) is 0 Å². The fourth-order valence-corrected chi connectivity index (χ4v) is 3.12. The summed E-state index contributed by atoms with van der Waals surface area (Å²) in [6, 6.07) is 12.0. The smallest absolute Gasteiger partial charge is 0.341 e. The molecule has 0 saturated heterocycles. The van der Waals surface area contributed by atoms with Crippen LogP contribution in [0.25, 0.3) is 6.08 Å². The van der Waals surface area contributed by atoms with E-state index >= 15 is 0 Å². The molecular weight excluding hydrogens is 436 g/mol. The first-order valence-corrected chi connectivity index (χ1v) is 9.04. The van der Waals surface area contributed by atoms with Gasteiger partial charge in [-0.3, -0.25) is 4.79 Å². The van der Waals surface area contributed by atoms with Crippen LogP contribution in [0.5, 0.6) is 5.75 Å². The van der Waals surface area contributed by atoms with Crippen LogP contribution in [0.2, 0.25) is 5.02 Å². The van der Waals surface area contributed by atoms with E-state index in [4.69, 9.17) is 21.4 Å². The Hall–Kier alpha value is -2.64. The Bertz CT molecular complexity index is 987. The van der Waals surface area contributed by atoms with Gasteiger partial charge in [-0.05, 0) is 43.3 Å². The Balaban J connectivity index is 1.97. The Labute approximate surface area is 168 Å². The molecule has 8 heteroatoms. The van der Waals surface area contributed by atoms with Crippen LogP contribution in [0.4, 0.5) is 5.69 Å². The fraction of sp³-hybridized carbons (Fsp3) is 0.105. The maximum atomic E-state index is 12.9. The molecule has 1 amide bonds. The molecule has 0 atom stereocenters. The standard InChI is InChI=1S/C19H14BrClN2O4/c1-11-14(19(26)23(22-11)16-5-3-2-4-15(16)21)9-12-8-13(20)6-7-17(12)27-10-18(24)25/h2-9H,10H2,1H3,(H,24,25)/b14-9+. The van der Waals surface area contributed by atoms with Crippen molar-refractivity contribution in [1.29, 1.82) is 0 Å². The minimum Gasteiger partial charge on any atom is -0.481 e. The van der Waals surface area contributed by atoms with Gasteiger partial charge in [0, 0.05) is 10.0 Å². The molecule has 0 aliphatic carbocycles. The van der Waals surface area contributed by atoms with Crippen LogP contribution in [0.15, 0.2) is 57.6 Å². The number of hydrogen-bond donors (Lipinski definition) is 1. The van der Waals surface area contributed by atoms with Gasteiger partial charge in [0.1, 0.15) is 5.75 Å². The van der Waals surface area contributed by atoms with E-state index in [2.05, 4.69) is 21.0 Å². The first-order valence-electron chi connectivity index (χ1n) is 7.87. The molecule has 0 bridgehead atoms. The highest BCUT2D eigenvalue weighted by Crippen LogP contribution is 2.32. The van der Waals surface area contributed by atoms with Crippen molar-refractivity contribution >= 4 is 56.9 Å². The molecule has 0 fully saturated rings. The van der Waals surface area contributed by atoms with Crippen molar-refractivity contribution in [3.8, 4) is 5.75 Å². The lowest BCUT2D eigenvalue weighted by atomic mass is 10.1. The number of halogens is 2. The number of amides is 1. The summed E-state index contributed by atoms with van der Waals surface area (Å²) in [5, 5.41) is 14.8. The third-order valence-corrected chi connectivity index (χ3v) is 4.58. The molecule has 0 unspecified atom stereocenters. The summed E-state index contributed by atoms with van der Waals surface area (Å²) in [6.07, 6.45) is 1.62. The van der Waals surface area contributed by atoms with E-state index in [1.807, 2.05) is 0 Å². The molecule has 0 spiro atoms. The van der Waals surface area contributed by atoms with E-state index in [9.17, 15) is 9.59 Å². The zero-order valence-electron chi connectivity index (χ0n) is 14.1. The molecule has 1 heterocycles. The molecule has 1 aliphatic heterocycles. The van der Waals surface area contributed by atoms with Crippen molar-refractivity contribution in [1.82, 2.24) is 0 Å². The van der Waals surface area contributed by atoms with Crippen molar-refractivity contribution in [2.75, 3.05) is 11.6 Å². The van der Waals surface area contributed by atoms with Crippen LogP contribution >= 0.6 is 27.5 Å². The van der Waals surface area contributed by atoms with Crippen LogP contribution in [0.1, 0.15) is 12.5 Å². The molecule has 1 aliphatic rings. The largest absolute Gasteiger partial charge is 0.481 e. The Morgan fingerprint density at radius 2 is 2.07 bits per heavy atom. The number of carboxylic acids is 1. The minimum atomic E-state index is -1.09. The van der Waals surface area contributed by atoms with Crippen molar-refractivity contribution in [3.63, 3.8) is 0 Å². The number of carbonyl (C=O) groups is 2. The SMILES string of the molecule is CC1=NN(c2ccccc2Cl)C(=O)/C1=C/c1cc(Br)ccc1OCC(=O)O. The molecular formula is C19H14BrClN2O4. The number of hydrogen-bond acceptors (Lipinski definition) is 4. The number of benzene rings is 2. The first-order chi connectivity index (χ1) is 12.9. The van der Waals surface area contributed by atoms with Gasteiger partial charge in [0.15, 0.2) is 6.61 Å². The Kier molecular flexibility index (Phi) is 5.62. The van der Waals surface area contributed by atoms with Gasteiger partial charge in [-0.1, -0.05) is 39.7 Å². The van der Waals surface area contributed by atoms with Crippen LogP contribution in [0, 0.1) is 0 Å². The van der Waals surface area contributed by atoms with Crippen LogP contribution in [-0.4, -0.2) is 29.3 Å². The van der Waals surface area contributed by atoms with Crippen molar-refractivity contribution in [2.45, 2.75) is 6.92 Å². The van der Waals surface area contributed by atoms with Crippen molar-refractivity contribution < 1.29 is 19.4 Å². The quantitative estimate of drug-likeness (QED) is 0.687. The van der Waals surface area contributed by atoms with Gasteiger partial charge in [-0.15, -0.1) is 0 Å². The van der Waals surface area contributed by atoms with Crippen LogP contribution < -0.4 is 9.75 Å². The molecule has 0 radical (unpaired) electrons. The molecule has 138 valence electrons. The number of hydrazone groups is 1. The fourth-order valence-electron chi connectivity index (χ4n) is 2.53. The molecule has 0 aromatic heterocycles. The third kappa shape index (κ3) is 4.20. The summed E-state index contributed by atoms with van der Waals surface area (Å²) in [7, 11) is 0. The van der Waals surface area contributed by atoms with E-state index in [1.165, 1.54) is 5.01 Å². The van der Waals surface area contributed by atoms with Crippen LogP contribution in [-0.2, 0) is 9.59 Å². The molecule has 27 heavy (non-hydrogen) atoms. The topological polar surface area (TPSA) is 79.2 Å². The van der Waals surface area contributed by atoms with Crippen molar-refractivity contribution in [3.05, 3.63) is 63.1 Å². The van der Waals surface area contributed by atoms with Gasteiger partial charge in [0.2, 0.25) is 0 Å². The number of ether oxygens (including phenoxy) is 1. The summed E-state index contributed by atoms with van der Waals surface area (Å²) in [5.74, 6) is -1.06. The van der Waals surface area contributed by atoms with Gasteiger partial charge in [0.25, 0.3) is 5.91 Å². The maximum Gasteiger partial charge on any atom is 0.341 e. The summed E-state index contributed by atoms with van der Waals surface area (Å²) >= 11 is 9.55. The normalized spacial score (nSPS) is 15.2. The van der Waals surface area contributed by atoms with Gasteiger partial charge in [-0.2, -0.15) is 10.1 Å². The molecule has 2 aromatic rings. The van der Waals surface area contributed by atoms with E-state index in [-0.39, 0.29) is 5.91 Å². The number of rotatable bonds is 5. The van der Waals surface area contributed by atoms with Gasteiger partial charge in [-0.25, -0.2) is 4.79 Å². The Morgan fingerprint density at radius 1 is 1.33 bits per heavy atom. The number of para-hydroxylation sites is 1. The molecule has 2 aromatic carbocycles. The highest BCUT2D eigenvalue weighted by Gasteiger charge is 2.30. The maximum absolute atomic E-state index is 12.9. The minimum absolute atomic E-state index is 0.329. The zero-order chi connectivity index (χ0) is 19.6. The summed E-state index contributed by atoms with van der Waals surface area (Å²) in [4.78, 5) is 23.7. The lowest BCUT2D eigenvalue weighted by Gasteiger charge is -2.13. The summed E-state index contributed by atoms with van der Waals surface area (Å²) < 4.78 is 6.08. The van der Waals surface area contributed by atoms with Gasteiger partial charge in [0.05, 0.1) is 22.0 Å². The molecule has 1 N–H and O–H groups in total. The van der Waals surface area contributed by atoms with E-state index in [1.54, 1.807) is 55.5 Å². The number of carboxylic acid groups (broad SMARTS) is 1. The highest BCUT2D eigenvalue weighted by atomic mass is 79.9. The lowest BCUT2D eigenvalue weighted by Crippen LogP contribution is -2.21. The average Bonchev–Trinajstić information content (AvgIpc) is 2.89. The third-order valence-electron chi connectivity index (χ3n) is 3.77. The van der Waals surface area contributed by atoms with E-state index < -0.39 is 12.6 Å². The van der Waals surface area contributed by atoms with Gasteiger partial charge < -0.3 is 9.84 Å². The number of anilines is 1. The van der Waals surface area contributed by atoms with E-state index in [0.717, 1.165) is 4.47 Å². The second-order valence-corrected chi connectivity index (χ2v) is 7.00. The number of nitrogens with zero attached hydrogens (tertiary/aromatic N) is 2. The predicted molar refractivity (Wildman–Crippen MR) is 107 cm³/mol. The lowest BCUT2D eigenvalue weighted by molar-refractivity contribution is -0.139. The second-order valence-electron chi connectivity index (χ2n) is 5.68. The molecule has 3 rings (SSSR count). The average molecular weight is 450 g/mol. The summed E-state index contributed by atoms with van der Waals surface area (Å²) in [6.45, 7) is 1.24. The van der Waals surface area contributed by atoms with E-state index in [0.29, 0.717) is 33.3 Å². The second kappa shape index (κ2) is 7.94. The monoisotopic (exact) mass is 448 g/mol. The van der Waals surface area contributed by atoms with Gasteiger partial charge >= 0.3 is 5.97 Å².